The van der Waals surface area contributed by atoms with Crippen molar-refractivity contribution in [1.82, 2.24) is 4.98 Å². The summed E-state index contributed by atoms with van der Waals surface area (Å²) in [4.78, 5) is 3.91. The van der Waals surface area contributed by atoms with Crippen LogP contribution in [0.1, 0.15) is 11.6 Å². The Labute approximate surface area is 82.7 Å². The average molecular weight is 200 g/mol. The molecule has 13 heavy (non-hydrogen) atoms. The van der Waals surface area contributed by atoms with Gasteiger partial charge in [0.1, 0.15) is 6.04 Å². The first-order chi connectivity index (χ1) is 5.77. The molecule has 0 amide bonds. The molecule has 0 spiro atoms. The molecule has 0 aliphatic heterocycles. The third-order valence-corrected chi connectivity index (χ3v) is 1.47. The highest BCUT2D eigenvalue weighted by atomic mass is 35.5. The zero-order chi connectivity index (χ0) is 8.97. The summed E-state index contributed by atoms with van der Waals surface area (Å²) in [6.45, 7) is 0. The zero-order valence-electron chi connectivity index (χ0n) is 7.10. The van der Waals surface area contributed by atoms with Gasteiger partial charge >= 0.3 is 0 Å². The molecule has 5 heteroatoms. The SMILES string of the molecule is COc1ccc(C(N)C#N)cn1.Cl. The summed E-state index contributed by atoms with van der Waals surface area (Å²) in [6.07, 6.45) is 1.53. The lowest BCUT2D eigenvalue weighted by atomic mass is 10.1. The summed E-state index contributed by atoms with van der Waals surface area (Å²) in [5, 5.41) is 8.48. The van der Waals surface area contributed by atoms with Crippen LogP contribution in [0.4, 0.5) is 0 Å². The molecule has 2 N–H and O–H groups in total. The Balaban J connectivity index is 0.00000144. The summed E-state index contributed by atoms with van der Waals surface area (Å²) in [5.41, 5.74) is 6.14. The van der Waals surface area contributed by atoms with Gasteiger partial charge in [-0.3, -0.25) is 0 Å². The summed E-state index contributed by atoms with van der Waals surface area (Å²) >= 11 is 0. The Kier molecular flexibility index (Phi) is 4.82. The number of nitrogens with zero attached hydrogens (tertiary/aromatic N) is 2. The molecule has 0 saturated carbocycles. The number of nitrogens with two attached hydrogens (primary N) is 1. The number of halogens is 1. The minimum atomic E-state index is -0.608. The molecule has 70 valence electrons. The van der Waals surface area contributed by atoms with E-state index in [-0.39, 0.29) is 12.4 Å². The number of methoxy groups -OCH3 is 1. The highest BCUT2D eigenvalue weighted by Gasteiger charge is 2.03. The highest BCUT2D eigenvalue weighted by Crippen LogP contribution is 2.11. The highest BCUT2D eigenvalue weighted by molar-refractivity contribution is 5.85. The molecule has 1 atom stereocenters. The van der Waals surface area contributed by atoms with Crippen molar-refractivity contribution in [2.75, 3.05) is 7.11 Å². The summed E-state index contributed by atoms with van der Waals surface area (Å²) in [6, 6.07) is 4.70. The monoisotopic (exact) mass is 199 g/mol. The van der Waals surface area contributed by atoms with Crippen LogP contribution < -0.4 is 10.5 Å². The molecule has 0 aliphatic carbocycles. The maximum absolute atomic E-state index is 8.48. The topological polar surface area (TPSA) is 71.9 Å². The first-order valence-electron chi connectivity index (χ1n) is 3.43. The van der Waals surface area contributed by atoms with Crippen molar-refractivity contribution in [3.8, 4) is 11.9 Å². The fraction of sp³-hybridized carbons (Fsp3) is 0.250. The maximum atomic E-state index is 8.48. The van der Waals surface area contributed by atoms with Gasteiger partial charge in [-0.05, 0) is 6.07 Å². The van der Waals surface area contributed by atoms with Gasteiger partial charge in [-0.25, -0.2) is 4.98 Å². The van der Waals surface area contributed by atoms with Crippen LogP contribution in [-0.2, 0) is 0 Å². The first-order valence-corrected chi connectivity index (χ1v) is 3.43. The quantitative estimate of drug-likeness (QED) is 0.773. The minimum absolute atomic E-state index is 0. The summed E-state index contributed by atoms with van der Waals surface area (Å²) < 4.78 is 4.85. The van der Waals surface area contributed by atoms with E-state index in [0.717, 1.165) is 0 Å². The van der Waals surface area contributed by atoms with Crippen molar-refractivity contribution in [3.05, 3.63) is 23.9 Å². The predicted molar refractivity (Wildman–Crippen MR) is 50.6 cm³/mol. The van der Waals surface area contributed by atoms with Crippen LogP contribution >= 0.6 is 12.4 Å². The second-order valence-electron chi connectivity index (χ2n) is 2.24. The number of ether oxygens (including phenoxy) is 1. The average Bonchev–Trinajstić information content (AvgIpc) is 2.17. The van der Waals surface area contributed by atoms with Crippen LogP contribution in [0.15, 0.2) is 18.3 Å². The van der Waals surface area contributed by atoms with Crippen LogP contribution in [0.25, 0.3) is 0 Å². The number of hydrogen-bond donors (Lipinski definition) is 1. The molecule has 1 unspecified atom stereocenters. The Morgan fingerprint density at radius 1 is 1.62 bits per heavy atom. The van der Waals surface area contributed by atoms with E-state index in [1.54, 1.807) is 12.1 Å². The van der Waals surface area contributed by atoms with Crippen molar-refractivity contribution >= 4 is 12.4 Å². The Bertz CT molecular complexity index is 293. The molecule has 0 aromatic carbocycles. The molecule has 0 saturated heterocycles. The minimum Gasteiger partial charge on any atom is -0.481 e. The van der Waals surface area contributed by atoms with Gasteiger partial charge in [0, 0.05) is 17.8 Å². The number of aromatic nitrogens is 1. The third kappa shape index (κ3) is 2.90. The first kappa shape index (κ1) is 11.7. The zero-order valence-corrected chi connectivity index (χ0v) is 7.91. The number of nitriles is 1. The van der Waals surface area contributed by atoms with Gasteiger partial charge < -0.3 is 10.5 Å². The van der Waals surface area contributed by atoms with Gasteiger partial charge in [-0.2, -0.15) is 5.26 Å². The smallest absolute Gasteiger partial charge is 0.212 e. The van der Waals surface area contributed by atoms with E-state index in [2.05, 4.69) is 4.98 Å². The fourth-order valence-electron chi connectivity index (χ4n) is 0.771. The van der Waals surface area contributed by atoms with Gasteiger partial charge in [-0.15, -0.1) is 12.4 Å². The number of pyridine rings is 1. The molecule has 0 fully saturated rings. The van der Waals surface area contributed by atoms with E-state index in [9.17, 15) is 0 Å². The Hall–Kier alpha value is -1.31. The second-order valence-corrected chi connectivity index (χ2v) is 2.24. The van der Waals surface area contributed by atoms with Crippen molar-refractivity contribution in [2.24, 2.45) is 5.73 Å². The largest absolute Gasteiger partial charge is 0.481 e. The van der Waals surface area contributed by atoms with E-state index in [0.29, 0.717) is 11.4 Å². The molecule has 1 heterocycles. The van der Waals surface area contributed by atoms with Gasteiger partial charge in [0.05, 0.1) is 13.2 Å². The van der Waals surface area contributed by atoms with E-state index in [1.807, 2.05) is 6.07 Å². The molecule has 4 nitrogen and oxygen atoms in total. The molecule has 1 aromatic rings. The Morgan fingerprint density at radius 3 is 2.69 bits per heavy atom. The molecule has 0 radical (unpaired) electrons. The predicted octanol–water partition coefficient (Wildman–Crippen LogP) is 1.04. The van der Waals surface area contributed by atoms with Crippen LogP contribution in [0, 0.1) is 11.3 Å². The fourth-order valence-corrected chi connectivity index (χ4v) is 0.771. The second kappa shape index (κ2) is 5.36. The van der Waals surface area contributed by atoms with E-state index in [1.165, 1.54) is 13.3 Å². The standard InChI is InChI=1S/C8H9N3O.ClH/c1-12-8-3-2-6(5-11-8)7(10)4-9;/h2-3,5,7H,10H2,1H3;1H. The molecule has 1 aromatic heterocycles. The van der Waals surface area contributed by atoms with Gasteiger partial charge in [0.2, 0.25) is 5.88 Å². The normalized spacial score (nSPS) is 10.8. The van der Waals surface area contributed by atoms with Crippen molar-refractivity contribution in [3.63, 3.8) is 0 Å². The van der Waals surface area contributed by atoms with E-state index >= 15 is 0 Å². The third-order valence-electron chi connectivity index (χ3n) is 1.47. The van der Waals surface area contributed by atoms with Gasteiger partial charge in [0.15, 0.2) is 0 Å². The molecule has 0 aliphatic rings. The molecular formula is C8H10ClN3O. The van der Waals surface area contributed by atoms with Crippen molar-refractivity contribution in [2.45, 2.75) is 6.04 Å². The van der Waals surface area contributed by atoms with Crippen molar-refractivity contribution < 1.29 is 4.74 Å². The molecule has 0 bridgehead atoms. The van der Waals surface area contributed by atoms with Crippen LogP contribution in [-0.4, -0.2) is 12.1 Å². The molecule has 1 rings (SSSR count). The van der Waals surface area contributed by atoms with Crippen LogP contribution in [0.5, 0.6) is 5.88 Å². The van der Waals surface area contributed by atoms with Gasteiger partial charge in [0.25, 0.3) is 0 Å². The molecular weight excluding hydrogens is 190 g/mol. The lowest BCUT2D eigenvalue weighted by molar-refractivity contribution is 0.397. The maximum Gasteiger partial charge on any atom is 0.212 e. The summed E-state index contributed by atoms with van der Waals surface area (Å²) in [7, 11) is 1.53. The van der Waals surface area contributed by atoms with E-state index in [4.69, 9.17) is 15.7 Å². The Morgan fingerprint density at radius 2 is 2.31 bits per heavy atom. The lowest BCUT2D eigenvalue weighted by Gasteiger charge is -2.02. The lowest BCUT2D eigenvalue weighted by Crippen LogP contribution is -2.07. The van der Waals surface area contributed by atoms with Crippen LogP contribution in [0.2, 0.25) is 0 Å². The number of hydrogen-bond acceptors (Lipinski definition) is 4. The van der Waals surface area contributed by atoms with Crippen LogP contribution in [0.3, 0.4) is 0 Å². The number of rotatable bonds is 2. The van der Waals surface area contributed by atoms with Gasteiger partial charge in [-0.1, -0.05) is 0 Å². The summed E-state index contributed by atoms with van der Waals surface area (Å²) in [5.74, 6) is 0.517. The van der Waals surface area contributed by atoms with Crippen molar-refractivity contribution in [1.29, 1.82) is 5.26 Å². The van der Waals surface area contributed by atoms with E-state index < -0.39 is 6.04 Å².